The van der Waals surface area contributed by atoms with Crippen LogP contribution in [0.15, 0.2) is 23.8 Å². The minimum Gasteiger partial charge on any atom is -0.406 e. The van der Waals surface area contributed by atoms with Gasteiger partial charge in [0.1, 0.15) is 5.75 Å². The van der Waals surface area contributed by atoms with E-state index in [1.54, 1.807) is 6.07 Å². The maximum Gasteiger partial charge on any atom is 0.573 e. The molecule has 4 heteroatoms. The number of allylic oxidation sites excluding steroid dienone is 1. The Morgan fingerprint density at radius 2 is 1.83 bits per heavy atom. The Labute approximate surface area is 141 Å². The van der Waals surface area contributed by atoms with Crippen LogP contribution in [0.3, 0.4) is 0 Å². The molecule has 0 N–H and O–H groups in total. The van der Waals surface area contributed by atoms with Crippen molar-refractivity contribution in [2.45, 2.75) is 64.7 Å². The summed E-state index contributed by atoms with van der Waals surface area (Å²) >= 11 is 0. The van der Waals surface area contributed by atoms with E-state index in [0.717, 1.165) is 29.9 Å². The van der Waals surface area contributed by atoms with E-state index < -0.39 is 6.36 Å². The van der Waals surface area contributed by atoms with Gasteiger partial charge in [-0.25, -0.2) is 0 Å². The van der Waals surface area contributed by atoms with Crippen LogP contribution < -0.4 is 4.74 Å². The Morgan fingerprint density at radius 1 is 1.08 bits per heavy atom. The van der Waals surface area contributed by atoms with Gasteiger partial charge in [-0.2, -0.15) is 0 Å². The van der Waals surface area contributed by atoms with E-state index in [-0.39, 0.29) is 5.75 Å². The van der Waals surface area contributed by atoms with Crippen molar-refractivity contribution in [3.05, 3.63) is 34.9 Å². The second-order valence-corrected chi connectivity index (χ2v) is 7.13. The van der Waals surface area contributed by atoms with E-state index in [1.165, 1.54) is 56.2 Å². The van der Waals surface area contributed by atoms with Gasteiger partial charge in [0.05, 0.1) is 0 Å². The maximum atomic E-state index is 12.3. The number of ether oxygens (including phenoxy) is 1. The molecule has 0 amide bonds. The van der Waals surface area contributed by atoms with E-state index in [0.29, 0.717) is 5.92 Å². The number of fused-ring (bicyclic) bond motifs is 1. The molecule has 132 valence electrons. The largest absolute Gasteiger partial charge is 0.573 e. The Kier molecular flexibility index (Phi) is 5.21. The van der Waals surface area contributed by atoms with E-state index in [2.05, 4.69) is 17.7 Å². The van der Waals surface area contributed by atoms with Crippen molar-refractivity contribution in [2.24, 2.45) is 11.8 Å². The fraction of sp³-hybridized carbons (Fsp3) is 0.600. The van der Waals surface area contributed by atoms with Crippen molar-refractivity contribution < 1.29 is 17.9 Å². The summed E-state index contributed by atoms with van der Waals surface area (Å²) in [6, 6.07) is 4.72. The van der Waals surface area contributed by atoms with Crippen LogP contribution in [0.2, 0.25) is 0 Å². The number of hydrogen-bond acceptors (Lipinski definition) is 1. The molecule has 0 atom stereocenters. The van der Waals surface area contributed by atoms with Gasteiger partial charge in [0.2, 0.25) is 0 Å². The predicted octanol–water partition coefficient (Wildman–Crippen LogP) is 6.52. The van der Waals surface area contributed by atoms with Crippen molar-refractivity contribution in [2.75, 3.05) is 0 Å². The molecule has 1 nitrogen and oxygen atoms in total. The van der Waals surface area contributed by atoms with Crippen LogP contribution in [-0.2, 0) is 6.42 Å². The monoisotopic (exact) mass is 338 g/mol. The first-order valence-corrected chi connectivity index (χ1v) is 9.03. The molecule has 0 aromatic heterocycles. The predicted molar refractivity (Wildman–Crippen MR) is 89.8 cm³/mol. The number of alkyl halides is 3. The third kappa shape index (κ3) is 4.34. The van der Waals surface area contributed by atoms with E-state index in [1.807, 2.05) is 0 Å². The molecule has 0 saturated heterocycles. The molecule has 1 fully saturated rings. The number of benzene rings is 1. The summed E-state index contributed by atoms with van der Waals surface area (Å²) in [5.74, 6) is 1.44. The lowest BCUT2D eigenvalue weighted by Gasteiger charge is -2.31. The number of aryl methyl sites for hydroxylation is 1. The molecule has 0 radical (unpaired) electrons. The Balaban J connectivity index is 1.67. The van der Waals surface area contributed by atoms with Crippen LogP contribution in [0.4, 0.5) is 13.2 Å². The van der Waals surface area contributed by atoms with Gasteiger partial charge < -0.3 is 4.74 Å². The highest BCUT2D eigenvalue weighted by molar-refractivity contribution is 5.61. The lowest BCUT2D eigenvalue weighted by Crippen LogP contribution is -2.18. The van der Waals surface area contributed by atoms with E-state index in [9.17, 15) is 13.2 Å². The lowest BCUT2D eigenvalue weighted by molar-refractivity contribution is -0.274. The molecular weight excluding hydrogens is 313 g/mol. The van der Waals surface area contributed by atoms with Crippen LogP contribution in [-0.4, -0.2) is 6.36 Å². The summed E-state index contributed by atoms with van der Waals surface area (Å²) < 4.78 is 41.0. The zero-order chi connectivity index (χ0) is 17.2. The number of rotatable bonds is 4. The zero-order valence-electron chi connectivity index (χ0n) is 14.2. The molecule has 0 heterocycles. The Bertz CT molecular complexity index is 595. The highest BCUT2D eigenvalue weighted by atomic mass is 19.4. The number of hydrogen-bond donors (Lipinski definition) is 0. The fourth-order valence-electron chi connectivity index (χ4n) is 4.24. The van der Waals surface area contributed by atoms with Crippen LogP contribution in [0.1, 0.15) is 63.0 Å². The molecular formula is C20H25F3O. The average Bonchev–Trinajstić information content (AvgIpc) is 2.54. The van der Waals surface area contributed by atoms with Crippen LogP contribution >= 0.6 is 0 Å². The fourth-order valence-corrected chi connectivity index (χ4v) is 4.24. The van der Waals surface area contributed by atoms with Crippen molar-refractivity contribution in [3.63, 3.8) is 0 Å². The highest BCUT2D eigenvalue weighted by Crippen LogP contribution is 2.40. The summed E-state index contributed by atoms with van der Waals surface area (Å²) in [5, 5.41) is 0. The van der Waals surface area contributed by atoms with Gasteiger partial charge in [0, 0.05) is 0 Å². The summed E-state index contributed by atoms with van der Waals surface area (Å²) in [6.45, 7) is 2.25. The van der Waals surface area contributed by atoms with Gasteiger partial charge in [-0.1, -0.05) is 37.5 Å². The molecule has 2 aliphatic rings. The normalized spacial score (nSPS) is 24.2. The summed E-state index contributed by atoms with van der Waals surface area (Å²) in [7, 11) is 0. The third-order valence-electron chi connectivity index (χ3n) is 5.44. The smallest absolute Gasteiger partial charge is 0.406 e. The number of halogens is 3. The maximum absolute atomic E-state index is 12.3. The second-order valence-electron chi connectivity index (χ2n) is 7.13. The zero-order valence-corrected chi connectivity index (χ0v) is 14.2. The molecule has 3 rings (SSSR count). The first kappa shape index (κ1) is 17.4. The van der Waals surface area contributed by atoms with Crippen molar-refractivity contribution in [3.8, 4) is 5.75 Å². The van der Waals surface area contributed by atoms with Crippen LogP contribution in [0.5, 0.6) is 5.75 Å². The molecule has 0 unspecified atom stereocenters. The molecule has 0 bridgehead atoms. The first-order chi connectivity index (χ1) is 11.4. The second kappa shape index (κ2) is 7.20. The lowest BCUT2D eigenvalue weighted by atomic mass is 9.74. The third-order valence-corrected chi connectivity index (χ3v) is 5.44. The molecule has 1 aromatic rings. The molecule has 1 saturated carbocycles. The van der Waals surface area contributed by atoms with Crippen molar-refractivity contribution in [1.82, 2.24) is 0 Å². The minimum absolute atomic E-state index is 0.113. The van der Waals surface area contributed by atoms with E-state index >= 15 is 0 Å². The first-order valence-electron chi connectivity index (χ1n) is 9.03. The molecule has 0 spiro atoms. The summed E-state index contributed by atoms with van der Waals surface area (Å²) in [6.07, 6.45) is 7.15. The average molecular weight is 338 g/mol. The quantitative estimate of drug-likeness (QED) is 0.607. The van der Waals surface area contributed by atoms with Crippen LogP contribution in [0, 0.1) is 11.8 Å². The van der Waals surface area contributed by atoms with Gasteiger partial charge in [0.25, 0.3) is 0 Å². The molecule has 2 aliphatic carbocycles. The highest BCUT2D eigenvalue weighted by Gasteiger charge is 2.31. The SMILES string of the molecule is CCCC1CCC(C2=Cc3ccc(OC(F)(F)F)cc3CC2)CC1. The Morgan fingerprint density at radius 3 is 2.50 bits per heavy atom. The van der Waals surface area contributed by atoms with Gasteiger partial charge in [-0.15, -0.1) is 13.2 Å². The standard InChI is InChI=1S/C20H25F3O/c1-2-3-14-4-6-15(7-5-14)16-8-9-18-13-19(24-20(21,22)23)11-10-17(18)12-16/h10-15H,2-9H2,1H3. The van der Waals surface area contributed by atoms with E-state index in [4.69, 9.17) is 0 Å². The minimum atomic E-state index is -4.62. The van der Waals surface area contributed by atoms with Gasteiger partial charge in [-0.3, -0.25) is 0 Å². The van der Waals surface area contributed by atoms with Crippen molar-refractivity contribution >= 4 is 6.08 Å². The topological polar surface area (TPSA) is 9.23 Å². The molecule has 1 aromatic carbocycles. The van der Waals surface area contributed by atoms with Crippen molar-refractivity contribution in [1.29, 1.82) is 0 Å². The summed E-state index contributed by atoms with van der Waals surface area (Å²) in [5.41, 5.74) is 3.50. The van der Waals surface area contributed by atoms with Crippen LogP contribution in [0.25, 0.3) is 6.08 Å². The molecule has 24 heavy (non-hydrogen) atoms. The van der Waals surface area contributed by atoms with Gasteiger partial charge in [-0.05, 0) is 73.6 Å². The van der Waals surface area contributed by atoms with Gasteiger partial charge in [0.15, 0.2) is 0 Å². The van der Waals surface area contributed by atoms with Gasteiger partial charge >= 0.3 is 6.36 Å². The molecule has 0 aliphatic heterocycles. The summed E-state index contributed by atoms with van der Waals surface area (Å²) in [4.78, 5) is 0. The Hall–Kier alpha value is -1.45.